The van der Waals surface area contributed by atoms with Crippen LogP contribution in [0.25, 0.3) is 0 Å². The highest BCUT2D eigenvalue weighted by atomic mass is 19.1. The normalized spacial score (nSPS) is 22.5. The van der Waals surface area contributed by atoms with E-state index in [2.05, 4.69) is 22.2 Å². The van der Waals surface area contributed by atoms with Gasteiger partial charge in [0, 0.05) is 37.0 Å². The fourth-order valence-electron chi connectivity index (χ4n) is 4.12. The van der Waals surface area contributed by atoms with Crippen molar-refractivity contribution in [1.82, 2.24) is 15.1 Å². The first kappa shape index (κ1) is 20.0. The third-order valence-corrected chi connectivity index (χ3v) is 5.77. The summed E-state index contributed by atoms with van der Waals surface area (Å²) in [5, 5.41) is 3.11. The third kappa shape index (κ3) is 5.84. The van der Waals surface area contributed by atoms with E-state index in [-0.39, 0.29) is 36.4 Å². The number of likely N-dealkylation sites (tertiary alicyclic amines) is 2. The van der Waals surface area contributed by atoms with E-state index in [0.29, 0.717) is 11.6 Å². The van der Waals surface area contributed by atoms with E-state index in [1.165, 1.54) is 37.1 Å². The molecule has 3 rings (SSSR count). The highest BCUT2D eigenvalue weighted by molar-refractivity contribution is 5.97. The SMILES string of the molecule is CN1CCC(N2CCC[C@@H](NC(=O)CCC(=O)c3ccc(F)cc3)C2)CC1. The summed E-state index contributed by atoms with van der Waals surface area (Å²) < 4.78 is 12.9. The molecule has 0 spiro atoms. The average molecular weight is 375 g/mol. The molecule has 0 aromatic heterocycles. The van der Waals surface area contributed by atoms with Crippen molar-refractivity contribution in [1.29, 1.82) is 0 Å². The molecule has 0 aliphatic carbocycles. The van der Waals surface area contributed by atoms with Gasteiger partial charge < -0.3 is 10.2 Å². The number of ketones is 1. The van der Waals surface area contributed by atoms with Gasteiger partial charge in [0.05, 0.1) is 0 Å². The Morgan fingerprint density at radius 3 is 2.48 bits per heavy atom. The average Bonchev–Trinajstić information content (AvgIpc) is 2.67. The molecule has 2 fully saturated rings. The van der Waals surface area contributed by atoms with E-state index >= 15 is 0 Å². The number of carbonyl (C=O) groups excluding carboxylic acids is 2. The molecule has 2 aliphatic rings. The quantitative estimate of drug-likeness (QED) is 0.776. The number of hydrogen-bond donors (Lipinski definition) is 1. The number of carbonyl (C=O) groups is 2. The number of benzene rings is 1. The molecule has 1 atom stereocenters. The predicted octanol–water partition coefficient (Wildman–Crippen LogP) is 2.46. The second kappa shape index (κ2) is 9.42. The Labute approximate surface area is 160 Å². The van der Waals surface area contributed by atoms with E-state index in [4.69, 9.17) is 0 Å². The topological polar surface area (TPSA) is 52.6 Å². The van der Waals surface area contributed by atoms with Crippen molar-refractivity contribution in [3.05, 3.63) is 35.6 Å². The Morgan fingerprint density at radius 2 is 1.78 bits per heavy atom. The zero-order valence-corrected chi connectivity index (χ0v) is 16.1. The Morgan fingerprint density at radius 1 is 1.07 bits per heavy atom. The summed E-state index contributed by atoms with van der Waals surface area (Å²) in [6.07, 6.45) is 4.84. The summed E-state index contributed by atoms with van der Waals surface area (Å²) >= 11 is 0. The van der Waals surface area contributed by atoms with Crippen LogP contribution in [-0.2, 0) is 4.79 Å². The van der Waals surface area contributed by atoms with Gasteiger partial charge in [-0.3, -0.25) is 14.5 Å². The van der Waals surface area contributed by atoms with Gasteiger partial charge in [0.2, 0.25) is 5.91 Å². The van der Waals surface area contributed by atoms with Gasteiger partial charge in [-0.25, -0.2) is 4.39 Å². The van der Waals surface area contributed by atoms with Crippen molar-refractivity contribution < 1.29 is 14.0 Å². The molecule has 1 amide bonds. The van der Waals surface area contributed by atoms with E-state index in [1.807, 2.05) is 0 Å². The number of piperidine rings is 2. The molecule has 0 radical (unpaired) electrons. The molecule has 0 unspecified atom stereocenters. The number of nitrogens with zero attached hydrogens (tertiary/aromatic N) is 2. The first-order chi connectivity index (χ1) is 13.0. The molecular weight excluding hydrogens is 345 g/mol. The lowest BCUT2D eigenvalue weighted by Gasteiger charge is -2.41. The second-order valence-corrected chi connectivity index (χ2v) is 7.87. The maximum absolute atomic E-state index is 12.9. The first-order valence-corrected chi connectivity index (χ1v) is 10.0. The smallest absolute Gasteiger partial charge is 0.220 e. The van der Waals surface area contributed by atoms with Crippen molar-refractivity contribution in [2.24, 2.45) is 0 Å². The molecule has 1 N–H and O–H groups in total. The Bertz CT molecular complexity index is 641. The number of nitrogens with one attached hydrogen (secondary N) is 1. The molecule has 2 heterocycles. The minimum Gasteiger partial charge on any atom is -0.352 e. The molecule has 2 aliphatic heterocycles. The zero-order valence-electron chi connectivity index (χ0n) is 16.1. The van der Waals surface area contributed by atoms with E-state index in [0.717, 1.165) is 39.0 Å². The molecule has 27 heavy (non-hydrogen) atoms. The van der Waals surface area contributed by atoms with Crippen molar-refractivity contribution in [3.63, 3.8) is 0 Å². The third-order valence-electron chi connectivity index (χ3n) is 5.77. The number of hydrogen-bond acceptors (Lipinski definition) is 4. The highest BCUT2D eigenvalue weighted by Gasteiger charge is 2.28. The van der Waals surface area contributed by atoms with Crippen molar-refractivity contribution in [3.8, 4) is 0 Å². The Balaban J connectivity index is 1.42. The molecule has 1 aromatic rings. The van der Waals surface area contributed by atoms with Crippen molar-refractivity contribution in [2.75, 3.05) is 33.2 Å². The molecule has 148 valence electrons. The van der Waals surface area contributed by atoms with Gasteiger partial charge in [-0.1, -0.05) is 0 Å². The maximum Gasteiger partial charge on any atom is 0.220 e. The van der Waals surface area contributed by atoms with Gasteiger partial charge in [-0.2, -0.15) is 0 Å². The van der Waals surface area contributed by atoms with Gasteiger partial charge in [0.25, 0.3) is 0 Å². The summed E-state index contributed by atoms with van der Waals surface area (Å²) in [5.41, 5.74) is 0.454. The lowest BCUT2D eigenvalue weighted by Crippen LogP contribution is -2.53. The number of amides is 1. The first-order valence-electron chi connectivity index (χ1n) is 10.0. The predicted molar refractivity (Wildman–Crippen MR) is 103 cm³/mol. The van der Waals surface area contributed by atoms with Crippen LogP contribution >= 0.6 is 0 Å². The van der Waals surface area contributed by atoms with Crippen LogP contribution < -0.4 is 5.32 Å². The van der Waals surface area contributed by atoms with E-state index < -0.39 is 0 Å². The number of Topliss-reactive ketones (excluding diaryl/α,β-unsaturated/α-hetero) is 1. The summed E-state index contributed by atoms with van der Waals surface area (Å²) in [7, 11) is 2.17. The lowest BCUT2D eigenvalue weighted by molar-refractivity contribution is -0.122. The molecule has 6 heteroatoms. The van der Waals surface area contributed by atoms with Crippen LogP contribution in [0.4, 0.5) is 4.39 Å². The van der Waals surface area contributed by atoms with Crippen LogP contribution in [0.5, 0.6) is 0 Å². The molecule has 5 nitrogen and oxygen atoms in total. The van der Waals surface area contributed by atoms with Crippen LogP contribution in [0.15, 0.2) is 24.3 Å². The summed E-state index contributed by atoms with van der Waals surface area (Å²) in [6.45, 7) is 4.31. The minimum absolute atomic E-state index is 0.0688. The van der Waals surface area contributed by atoms with E-state index in [9.17, 15) is 14.0 Å². The van der Waals surface area contributed by atoms with Crippen LogP contribution in [0.3, 0.4) is 0 Å². The summed E-state index contributed by atoms with van der Waals surface area (Å²) in [5.74, 6) is -0.557. The monoisotopic (exact) mass is 375 g/mol. The summed E-state index contributed by atoms with van der Waals surface area (Å²) in [4.78, 5) is 29.3. The molecule has 1 aromatic carbocycles. The zero-order chi connectivity index (χ0) is 19.2. The second-order valence-electron chi connectivity index (χ2n) is 7.87. The standard InChI is InChI=1S/C21H30FN3O2/c1-24-13-10-19(11-14-24)25-12-2-3-18(15-25)23-21(27)9-8-20(26)16-4-6-17(22)7-5-16/h4-7,18-19H,2-3,8-15H2,1H3,(H,23,27)/t18-/m1/s1. The van der Waals surface area contributed by atoms with Crippen LogP contribution in [0.2, 0.25) is 0 Å². The summed E-state index contributed by atoms with van der Waals surface area (Å²) in [6, 6.07) is 6.28. The van der Waals surface area contributed by atoms with Gasteiger partial charge >= 0.3 is 0 Å². The van der Waals surface area contributed by atoms with Gasteiger partial charge in [-0.15, -0.1) is 0 Å². The molecule has 2 saturated heterocycles. The largest absolute Gasteiger partial charge is 0.352 e. The molecule has 0 bridgehead atoms. The Hall–Kier alpha value is -1.79. The van der Waals surface area contributed by atoms with E-state index in [1.54, 1.807) is 0 Å². The Kier molecular flexibility index (Phi) is 6.96. The van der Waals surface area contributed by atoms with Crippen LogP contribution in [0.1, 0.15) is 48.9 Å². The van der Waals surface area contributed by atoms with Gasteiger partial charge in [0.1, 0.15) is 5.82 Å². The van der Waals surface area contributed by atoms with Gasteiger partial charge in [-0.05, 0) is 76.6 Å². The van der Waals surface area contributed by atoms with Crippen molar-refractivity contribution in [2.45, 2.75) is 50.6 Å². The van der Waals surface area contributed by atoms with Crippen LogP contribution in [-0.4, -0.2) is 66.8 Å². The maximum atomic E-state index is 12.9. The molecule has 0 saturated carbocycles. The minimum atomic E-state index is -0.365. The van der Waals surface area contributed by atoms with Crippen molar-refractivity contribution >= 4 is 11.7 Å². The van der Waals surface area contributed by atoms with Crippen LogP contribution in [0, 0.1) is 5.82 Å². The number of halogens is 1. The fraction of sp³-hybridized carbons (Fsp3) is 0.619. The molecular formula is C21H30FN3O2. The lowest BCUT2D eigenvalue weighted by atomic mass is 9.98. The fourth-order valence-corrected chi connectivity index (χ4v) is 4.12. The highest BCUT2D eigenvalue weighted by Crippen LogP contribution is 2.20. The number of rotatable bonds is 6. The van der Waals surface area contributed by atoms with Gasteiger partial charge in [0.15, 0.2) is 5.78 Å².